The lowest BCUT2D eigenvalue weighted by atomic mass is 9.60. The predicted molar refractivity (Wildman–Crippen MR) is 89.3 cm³/mol. The molecule has 0 bridgehead atoms. The molecule has 4 rings (SSSR count). The van der Waals surface area contributed by atoms with Crippen molar-refractivity contribution < 1.29 is 10.2 Å². The van der Waals surface area contributed by atoms with Gasteiger partial charge in [0.15, 0.2) is 0 Å². The number of rotatable bonds is 1. The van der Waals surface area contributed by atoms with E-state index in [1.807, 2.05) is 12.1 Å². The lowest BCUT2D eigenvalue weighted by molar-refractivity contribution is -0.0678. The number of phenols is 1. The maximum atomic E-state index is 11.1. The summed E-state index contributed by atoms with van der Waals surface area (Å²) in [6, 6.07) is 10.0. The molecule has 2 aliphatic carbocycles. The van der Waals surface area contributed by atoms with Crippen molar-refractivity contribution in [2.45, 2.75) is 57.5 Å². The molecule has 0 aromatic heterocycles. The number of aromatic hydroxyl groups is 1. The van der Waals surface area contributed by atoms with E-state index >= 15 is 0 Å². The van der Waals surface area contributed by atoms with Gasteiger partial charge in [-0.2, -0.15) is 0 Å². The Balaban J connectivity index is 1.89. The van der Waals surface area contributed by atoms with Crippen LogP contribution < -0.4 is 0 Å². The summed E-state index contributed by atoms with van der Waals surface area (Å²) in [5, 5.41) is 23.2. The van der Waals surface area contributed by atoms with E-state index in [0.717, 1.165) is 37.5 Å². The quantitative estimate of drug-likeness (QED) is 0.812. The molecule has 2 aliphatic rings. The van der Waals surface area contributed by atoms with E-state index in [0.29, 0.717) is 11.7 Å². The molecular weight excluding hydrogens is 272 g/mol. The summed E-state index contributed by atoms with van der Waals surface area (Å²) in [6.45, 7) is 4.41. The zero-order chi connectivity index (χ0) is 15.5. The number of benzene rings is 2. The van der Waals surface area contributed by atoms with Crippen LogP contribution in [0, 0.1) is 5.41 Å². The summed E-state index contributed by atoms with van der Waals surface area (Å²) >= 11 is 0. The Morgan fingerprint density at radius 1 is 1.18 bits per heavy atom. The van der Waals surface area contributed by atoms with E-state index in [9.17, 15) is 10.2 Å². The lowest BCUT2D eigenvalue weighted by Gasteiger charge is -2.46. The van der Waals surface area contributed by atoms with Gasteiger partial charge in [0.05, 0.1) is 5.60 Å². The van der Waals surface area contributed by atoms with Crippen LogP contribution in [-0.2, 0) is 6.42 Å². The maximum Gasteiger partial charge on any atom is 0.116 e. The average Bonchev–Trinajstić information content (AvgIpc) is 2.79. The highest BCUT2D eigenvalue weighted by Gasteiger charge is 2.57. The summed E-state index contributed by atoms with van der Waals surface area (Å²) in [7, 11) is 0. The third-order valence-corrected chi connectivity index (χ3v) is 6.68. The molecule has 22 heavy (non-hydrogen) atoms. The molecule has 0 aliphatic heterocycles. The Hall–Kier alpha value is -1.54. The zero-order valence-electron chi connectivity index (χ0n) is 13.4. The molecule has 1 saturated carbocycles. The second-order valence-electron chi connectivity index (χ2n) is 7.43. The van der Waals surface area contributed by atoms with Crippen LogP contribution in [0.3, 0.4) is 0 Å². The Kier molecular flexibility index (Phi) is 2.87. The van der Waals surface area contributed by atoms with Gasteiger partial charge in [-0.15, -0.1) is 0 Å². The van der Waals surface area contributed by atoms with Gasteiger partial charge in [0, 0.05) is 5.41 Å². The first-order valence-electron chi connectivity index (χ1n) is 8.45. The predicted octanol–water partition coefficient (Wildman–Crippen LogP) is 4.52. The first kappa shape index (κ1) is 14.1. The monoisotopic (exact) mass is 296 g/mol. The molecule has 0 amide bonds. The normalized spacial score (nSPS) is 33.7. The van der Waals surface area contributed by atoms with E-state index in [2.05, 4.69) is 26.0 Å². The van der Waals surface area contributed by atoms with Crippen LogP contribution in [0.4, 0.5) is 0 Å². The fourth-order valence-corrected chi connectivity index (χ4v) is 5.19. The summed E-state index contributed by atoms with van der Waals surface area (Å²) in [6.07, 6.45) is 4.91. The van der Waals surface area contributed by atoms with E-state index in [1.54, 1.807) is 6.07 Å². The summed E-state index contributed by atoms with van der Waals surface area (Å²) in [4.78, 5) is 0. The number of hydrogen-bond donors (Lipinski definition) is 2. The van der Waals surface area contributed by atoms with Gasteiger partial charge in [-0.3, -0.25) is 0 Å². The van der Waals surface area contributed by atoms with Crippen LogP contribution in [0.1, 0.15) is 56.6 Å². The van der Waals surface area contributed by atoms with Gasteiger partial charge in [0.2, 0.25) is 0 Å². The number of aliphatic hydroxyl groups is 1. The Bertz CT molecular complexity index is 751. The van der Waals surface area contributed by atoms with Gasteiger partial charge in [-0.25, -0.2) is 0 Å². The summed E-state index contributed by atoms with van der Waals surface area (Å²) in [5.41, 5.74) is 2.34. The van der Waals surface area contributed by atoms with E-state index < -0.39 is 5.60 Å². The average molecular weight is 296 g/mol. The van der Waals surface area contributed by atoms with Crippen LogP contribution in [0.25, 0.3) is 10.8 Å². The fourth-order valence-electron chi connectivity index (χ4n) is 5.19. The van der Waals surface area contributed by atoms with Gasteiger partial charge < -0.3 is 10.2 Å². The Morgan fingerprint density at radius 2 is 2.00 bits per heavy atom. The van der Waals surface area contributed by atoms with Crippen molar-refractivity contribution in [3.63, 3.8) is 0 Å². The minimum Gasteiger partial charge on any atom is -0.508 e. The van der Waals surface area contributed by atoms with Gasteiger partial charge in [0.1, 0.15) is 5.75 Å². The molecule has 1 fully saturated rings. The molecule has 2 aromatic carbocycles. The summed E-state index contributed by atoms with van der Waals surface area (Å²) < 4.78 is 0. The smallest absolute Gasteiger partial charge is 0.116 e. The molecule has 2 N–H and O–H groups in total. The standard InChI is InChI=1S/C20H24O2/c1-3-20(22)11-9-18-17-6-4-13-12-14(21)5-7-15(13)16(17)8-10-19(18,20)2/h4-7,12,18,21-22H,3,8-11H2,1-2H3. The first-order valence-corrected chi connectivity index (χ1v) is 8.45. The topological polar surface area (TPSA) is 40.5 Å². The van der Waals surface area contributed by atoms with Crippen LogP contribution in [0.2, 0.25) is 0 Å². The second-order valence-corrected chi connectivity index (χ2v) is 7.43. The van der Waals surface area contributed by atoms with Gasteiger partial charge in [-0.05, 0) is 72.1 Å². The number of aryl methyl sites for hydroxylation is 1. The molecular formula is C20H24O2. The van der Waals surface area contributed by atoms with Crippen LogP contribution in [0.5, 0.6) is 5.75 Å². The van der Waals surface area contributed by atoms with Crippen molar-refractivity contribution in [1.82, 2.24) is 0 Å². The molecule has 0 saturated heterocycles. The van der Waals surface area contributed by atoms with Crippen LogP contribution >= 0.6 is 0 Å². The maximum absolute atomic E-state index is 11.1. The molecule has 3 unspecified atom stereocenters. The minimum absolute atomic E-state index is 0.000649. The van der Waals surface area contributed by atoms with Gasteiger partial charge in [-0.1, -0.05) is 32.0 Å². The van der Waals surface area contributed by atoms with Crippen molar-refractivity contribution in [3.8, 4) is 5.75 Å². The molecule has 0 radical (unpaired) electrons. The molecule has 0 heterocycles. The highest BCUT2D eigenvalue weighted by atomic mass is 16.3. The minimum atomic E-state index is -0.515. The van der Waals surface area contributed by atoms with E-state index in [1.165, 1.54) is 16.5 Å². The number of fused-ring (bicyclic) bond motifs is 5. The van der Waals surface area contributed by atoms with Crippen LogP contribution in [0.15, 0.2) is 30.3 Å². The lowest BCUT2D eigenvalue weighted by Crippen LogP contribution is -2.45. The van der Waals surface area contributed by atoms with Crippen molar-refractivity contribution in [2.24, 2.45) is 5.41 Å². The Morgan fingerprint density at radius 3 is 2.77 bits per heavy atom. The molecule has 2 nitrogen and oxygen atoms in total. The third kappa shape index (κ3) is 1.65. The van der Waals surface area contributed by atoms with E-state index in [4.69, 9.17) is 0 Å². The Labute approximate surface area is 131 Å². The number of phenolic OH excluding ortho intramolecular Hbond substituents is 1. The molecule has 116 valence electrons. The number of hydrogen-bond acceptors (Lipinski definition) is 2. The molecule has 2 aromatic rings. The second kappa shape index (κ2) is 4.48. The van der Waals surface area contributed by atoms with Gasteiger partial charge in [0.25, 0.3) is 0 Å². The molecule has 3 atom stereocenters. The van der Waals surface area contributed by atoms with E-state index in [-0.39, 0.29) is 5.41 Å². The summed E-state index contributed by atoms with van der Waals surface area (Å²) in [5.74, 6) is 0.786. The third-order valence-electron chi connectivity index (χ3n) is 6.68. The zero-order valence-corrected chi connectivity index (χ0v) is 13.4. The van der Waals surface area contributed by atoms with Crippen molar-refractivity contribution in [1.29, 1.82) is 0 Å². The van der Waals surface area contributed by atoms with Crippen molar-refractivity contribution >= 4 is 10.8 Å². The molecule has 0 spiro atoms. The highest BCUT2D eigenvalue weighted by molar-refractivity contribution is 5.88. The SMILES string of the molecule is CCC1(O)CCC2c3ccc4cc(O)ccc4c3CCC21C. The largest absolute Gasteiger partial charge is 0.508 e. The fraction of sp³-hybridized carbons (Fsp3) is 0.500. The first-order chi connectivity index (χ1) is 10.5. The highest BCUT2D eigenvalue weighted by Crippen LogP contribution is 2.61. The van der Waals surface area contributed by atoms with Crippen LogP contribution in [-0.4, -0.2) is 15.8 Å². The van der Waals surface area contributed by atoms with Crippen molar-refractivity contribution in [3.05, 3.63) is 41.5 Å². The van der Waals surface area contributed by atoms with Crippen molar-refractivity contribution in [2.75, 3.05) is 0 Å². The van der Waals surface area contributed by atoms with Gasteiger partial charge >= 0.3 is 0 Å². The molecule has 2 heteroatoms.